The summed E-state index contributed by atoms with van der Waals surface area (Å²) in [6.07, 6.45) is 4.40. The zero-order valence-corrected chi connectivity index (χ0v) is 18.0. The summed E-state index contributed by atoms with van der Waals surface area (Å²) >= 11 is 5.93. The molecule has 8 heteroatoms. The summed E-state index contributed by atoms with van der Waals surface area (Å²) < 4.78 is 0. The van der Waals surface area contributed by atoms with Crippen molar-refractivity contribution in [1.82, 2.24) is 20.2 Å². The fourth-order valence-corrected chi connectivity index (χ4v) is 3.86. The molecule has 1 atom stereocenters. The van der Waals surface area contributed by atoms with Crippen molar-refractivity contribution in [2.24, 2.45) is 5.92 Å². The highest BCUT2D eigenvalue weighted by atomic mass is 35.5. The van der Waals surface area contributed by atoms with Crippen LogP contribution in [0.25, 0.3) is 0 Å². The number of nitrogens with one attached hydrogen (secondary N) is 1. The van der Waals surface area contributed by atoms with E-state index in [4.69, 9.17) is 16.6 Å². The minimum atomic E-state index is -0.211. The number of hydrogen-bond acceptors (Lipinski definition) is 5. The van der Waals surface area contributed by atoms with Gasteiger partial charge in [-0.2, -0.15) is 0 Å². The monoisotopic (exact) mass is 427 g/mol. The molecule has 1 aliphatic heterocycles. The molecule has 0 spiro atoms. The van der Waals surface area contributed by atoms with Crippen molar-refractivity contribution in [3.63, 3.8) is 0 Å². The van der Waals surface area contributed by atoms with Crippen molar-refractivity contribution in [3.05, 3.63) is 52.3 Å². The Kier molecular flexibility index (Phi) is 5.90. The summed E-state index contributed by atoms with van der Waals surface area (Å²) in [5, 5.41) is 3.61. The van der Waals surface area contributed by atoms with Gasteiger partial charge >= 0.3 is 0 Å². The first-order valence-electron chi connectivity index (χ1n) is 10.3. The Hall–Kier alpha value is -2.67. The predicted octanol–water partition coefficient (Wildman–Crippen LogP) is 2.85. The van der Waals surface area contributed by atoms with E-state index in [9.17, 15) is 9.59 Å². The molecular weight excluding hydrogens is 402 g/mol. The van der Waals surface area contributed by atoms with Crippen LogP contribution in [0.4, 0.5) is 5.95 Å². The van der Waals surface area contributed by atoms with Crippen LogP contribution < -0.4 is 10.2 Å². The smallest absolute Gasteiger partial charge is 0.254 e. The number of rotatable bonds is 6. The molecule has 1 aromatic carbocycles. The molecule has 0 radical (unpaired) electrons. The second-order valence-corrected chi connectivity index (χ2v) is 8.65. The molecule has 1 unspecified atom stereocenters. The van der Waals surface area contributed by atoms with Crippen LogP contribution in [0.15, 0.2) is 30.5 Å². The number of carbonyl (C=O) groups excluding carboxylic acids is 2. The molecular formula is C22H26ClN5O2. The average molecular weight is 428 g/mol. The van der Waals surface area contributed by atoms with E-state index in [0.29, 0.717) is 41.9 Å². The highest BCUT2D eigenvalue weighted by Gasteiger charge is 2.38. The number of benzene rings is 1. The fraction of sp³-hybridized carbons (Fsp3) is 0.455. The zero-order chi connectivity index (χ0) is 21.3. The van der Waals surface area contributed by atoms with E-state index in [1.165, 1.54) is 0 Å². The standard InChI is InChI=1S/C22H26ClN5O2/c1-27(2)22-25-12-18(20(29)24-11-14-3-7-17(23)8-4-14)19(26-22)16-9-10-28(13-16)21(30)15-5-6-15/h3-4,7-8,12,15-16H,5-6,9-11,13H2,1-2H3,(H,24,29). The maximum Gasteiger partial charge on any atom is 0.254 e. The molecule has 2 heterocycles. The molecule has 2 aromatic rings. The first kappa shape index (κ1) is 20.6. The van der Waals surface area contributed by atoms with Gasteiger partial charge in [0.1, 0.15) is 0 Å². The predicted molar refractivity (Wildman–Crippen MR) is 116 cm³/mol. The number of hydrogen-bond donors (Lipinski definition) is 1. The first-order chi connectivity index (χ1) is 14.4. The number of halogens is 1. The highest BCUT2D eigenvalue weighted by molar-refractivity contribution is 6.30. The lowest BCUT2D eigenvalue weighted by molar-refractivity contribution is -0.131. The SMILES string of the molecule is CN(C)c1ncc(C(=O)NCc2ccc(Cl)cc2)c(C2CCN(C(=O)C3CC3)C2)n1. The molecule has 2 fully saturated rings. The van der Waals surface area contributed by atoms with Crippen molar-refractivity contribution in [3.8, 4) is 0 Å². The third-order valence-electron chi connectivity index (χ3n) is 5.63. The van der Waals surface area contributed by atoms with Gasteiger partial charge in [-0.25, -0.2) is 9.97 Å². The second-order valence-electron chi connectivity index (χ2n) is 8.22. The zero-order valence-electron chi connectivity index (χ0n) is 17.3. The van der Waals surface area contributed by atoms with Gasteiger partial charge in [-0.1, -0.05) is 23.7 Å². The summed E-state index contributed by atoms with van der Waals surface area (Å²) in [6, 6.07) is 7.36. The third-order valence-corrected chi connectivity index (χ3v) is 5.88. The minimum absolute atomic E-state index is 0.0330. The van der Waals surface area contributed by atoms with Crippen LogP contribution in [0, 0.1) is 5.92 Å². The molecule has 1 aliphatic carbocycles. The van der Waals surface area contributed by atoms with E-state index in [2.05, 4.69) is 10.3 Å². The van der Waals surface area contributed by atoms with Gasteiger partial charge in [-0.05, 0) is 37.0 Å². The van der Waals surface area contributed by atoms with E-state index >= 15 is 0 Å². The molecule has 1 saturated carbocycles. The van der Waals surface area contributed by atoms with Gasteiger partial charge < -0.3 is 15.1 Å². The summed E-state index contributed by atoms with van der Waals surface area (Å²) in [5.74, 6) is 0.830. The Morgan fingerprint density at radius 3 is 2.60 bits per heavy atom. The molecule has 7 nitrogen and oxygen atoms in total. The molecule has 1 N–H and O–H groups in total. The molecule has 30 heavy (non-hydrogen) atoms. The second kappa shape index (κ2) is 8.60. The van der Waals surface area contributed by atoms with Crippen molar-refractivity contribution >= 4 is 29.4 Å². The van der Waals surface area contributed by atoms with Crippen molar-refractivity contribution in [2.45, 2.75) is 31.7 Å². The maximum atomic E-state index is 13.0. The number of likely N-dealkylation sites (tertiary alicyclic amines) is 1. The number of amides is 2. The lowest BCUT2D eigenvalue weighted by atomic mass is 9.99. The number of anilines is 1. The largest absolute Gasteiger partial charge is 0.348 e. The average Bonchev–Trinajstić information content (AvgIpc) is 3.48. The number of aromatic nitrogens is 2. The van der Waals surface area contributed by atoms with E-state index in [1.54, 1.807) is 18.3 Å². The summed E-state index contributed by atoms with van der Waals surface area (Å²) in [5.41, 5.74) is 2.15. The molecule has 1 aromatic heterocycles. The van der Waals surface area contributed by atoms with Crippen LogP contribution in [0.5, 0.6) is 0 Å². The van der Waals surface area contributed by atoms with E-state index in [-0.39, 0.29) is 23.7 Å². The third kappa shape index (κ3) is 4.56. The quantitative estimate of drug-likeness (QED) is 0.766. The van der Waals surface area contributed by atoms with Crippen LogP contribution in [0.3, 0.4) is 0 Å². The van der Waals surface area contributed by atoms with Gasteiger partial charge in [0.2, 0.25) is 11.9 Å². The van der Waals surface area contributed by atoms with Crippen LogP contribution >= 0.6 is 11.6 Å². The molecule has 4 rings (SSSR count). The van der Waals surface area contributed by atoms with Gasteiger partial charge in [-0.15, -0.1) is 0 Å². The Bertz CT molecular complexity index is 943. The molecule has 158 valence electrons. The Morgan fingerprint density at radius 1 is 1.20 bits per heavy atom. The van der Waals surface area contributed by atoms with Crippen molar-refractivity contribution in [2.75, 3.05) is 32.1 Å². The van der Waals surface area contributed by atoms with Crippen LogP contribution in [-0.2, 0) is 11.3 Å². The van der Waals surface area contributed by atoms with Crippen LogP contribution in [-0.4, -0.2) is 53.9 Å². The van der Waals surface area contributed by atoms with Crippen LogP contribution in [0.2, 0.25) is 5.02 Å². The van der Waals surface area contributed by atoms with E-state index in [1.807, 2.05) is 36.0 Å². The highest BCUT2D eigenvalue weighted by Crippen LogP contribution is 2.35. The minimum Gasteiger partial charge on any atom is -0.348 e. The maximum absolute atomic E-state index is 13.0. The molecule has 2 amide bonds. The normalized spacial score (nSPS) is 18.4. The summed E-state index contributed by atoms with van der Waals surface area (Å²) in [4.78, 5) is 38.2. The van der Waals surface area contributed by atoms with Gasteiger partial charge in [-0.3, -0.25) is 9.59 Å². The summed E-state index contributed by atoms with van der Waals surface area (Å²) in [6.45, 7) is 1.71. The fourth-order valence-electron chi connectivity index (χ4n) is 3.74. The number of nitrogens with zero attached hydrogens (tertiary/aromatic N) is 4. The van der Waals surface area contributed by atoms with Crippen molar-refractivity contribution in [1.29, 1.82) is 0 Å². The van der Waals surface area contributed by atoms with Gasteiger partial charge in [0, 0.05) is 56.8 Å². The van der Waals surface area contributed by atoms with Crippen molar-refractivity contribution < 1.29 is 9.59 Å². The summed E-state index contributed by atoms with van der Waals surface area (Å²) in [7, 11) is 3.74. The molecule has 0 bridgehead atoms. The topological polar surface area (TPSA) is 78.4 Å². The van der Waals surface area contributed by atoms with Gasteiger partial charge in [0.25, 0.3) is 5.91 Å². The lowest BCUT2D eigenvalue weighted by Crippen LogP contribution is -2.30. The van der Waals surface area contributed by atoms with Gasteiger partial charge in [0.05, 0.1) is 11.3 Å². The number of carbonyl (C=O) groups is 2. The lowest BCUT2D eigenvalue weighted by Gasteiger charge is -2.19. The van der Waals surface area contributed by atoms with E-state index in [0.717, 1.165) is 24.8 Å². The molecule has 2 aliphatic rings. The Morgan fingerprint density at radius 2 is 1.93 bits per heavy atom. The van der Waals surface area contributed by atoms with E-state index < -0.39 is 0 Å². The Labute approximate surface area is 181 Å². The van der Waals surface area contributed by atoms with Crippen LogP contribution in [0.1, 0.15) is 46.8 Å². The Balaban J connectivity index is 1.52. The molecule has 1 saturated heterocycles. The first-order valence-corrected chi connectivity index (χ1v) is 10.7. The van der Waals surface area contributed by atoms with Gasteiger partial charge in [0.15, 0.2) is 0 Å².